The highest BCUT2D eigenvalue weighted by atomic mass is 16.5. The summed E-state index contributed by atoms with van der Waals surface area (Å²) in [5.41, 5.74) is 4.84. The number of hydrogen-bond donors (Lipinski definition) is 2. The van der Waals surface area contributed by atoms with E-state index >= 15 is 0 Å². The quantitative estimate of drug-likeness (QED) is 0.658. The fourth-order valence-corrected chi connectivity index (χ4v) is 1.68. The van der Waals surface area contributed by atoms with Crippen LogP contribution in [-0.2, 0) is 0 Å². The van der Waals surface area contributed by atoms with Gasteiger partial charge in [0.2, 0.25) is 5.95 Å². The van der Waals surface area contributed by atoms with Crippen LogP contribution in [-0.4, -0.2) is 22.8 Å². The number of anilines is 1. The van der Waals surface area contributed by atoms with Gasteiger partial charge in [-0.1, -0.05) is 12.1 Å². The summed E-state index contributed by atoms with van der Waals surface area (Å²) in [6.07, 6.45) is 0. The second-order valence-electron chi connectivity index (χ2n) is 4.28. The van der Waals surface area contributed by atoms with Gasteiger partial charge in [-0.05, 0) is 26.0 Å². The van der Waals surface area contributed by atoms with Crippen LogP contribution in [0.2, 0.25) is 0 Å². The molecule has 20 heavy (non-hydrogen) atoms. The minimum atomic E-state index is -0.214. The summed E-state index contributed by atoms with van der Waals surface area (Å²) in [6, 6.07) is 8.98. The van der Waals surface area contributed by atoms with Crippen molar-refractivity contribution in [2.24, 2.45) is 5.10 Å². The number of benzene rings is 1. The van der Waals surface area contributed by atoms with E-state index in [1.54, 1.807) is 14.0 Å². The smallest absolute Gasteiger partial charge is 0.252 e. The van der Waals surface area contributed by atoms with E-state index < -0.39 is 0 Å². The first kappa shape index (κ1) is 13.8. The lowest BCUT2D eigenvalue weighted by Gasteiger charge is -2.05. The second-order valence-corrected chi connectivity index (χ2v) is 4.28. The average molecular weight is 272 g/mol. The zero-order chi connectivity index (χ0) is 14.5. The maximum atomic E-state index is 11.3. The zero-order valence-corrected chi connectivity index (χ0v) is 11.6. The number of hydrogen-bond acceptors (Lipinski definition) is 5. The van der Waals surface area contributed by atoms with E-state index in [0.717, 1.165) is 17.0 Å². The number of ether oxygens (including phenoxy) is 1. The SMILES string of the molecule is COc1cccc(/C(C)=N/Nc2nc(C)cc(=O)[nH]2)c1. The summed E-state index contributed by atoms with van der Waals surface area (Å²) in [6.45, 7) is 3.61. The Morgan fingerprint density at radius 1 is 1.40 bits per heavy atom. The Labute approximate surface area is 116 Å². The maximum absolute atomic E-state index is 11.3. The van der Waals surface area contributed by atoms with Gasteiger partial charge < -0.3 is 4.74 Å². The van der Waals surface area contributed by atoms with Crippen LogP contribution in [0.1, 0.15) is 18.2 Å². The normalized spacial score (nSPS) is 11.2. The van der Waals surface area contributed by atoms with Gasteiger partial charge in [-0.2, -0.15) is 5.10 Å². The lowest BCUT2D eigenvalue weighted by molar-refractivity contribution is 0.414. The van der Waals surface area contributed by atoms with E-state index in [1.807, 2.05) is 31.2 Å². The van der Waals surface area contributed by atoms with E-state index in [0.29, 0.717) is 11.6 Å². The Balaban J connectivity index is 2.19. The van der Waals surface area contributed by atoms with E-state index in [1.165, 1.54) is 6.07 Å². The molecule has 0 fully saturated rings. The predicted octanol–water partition coefficient (Wildman–Crippen LogP) is 1.92. The molecule has 2 aromatic rings. The average Bonchev–Trinajstić information content (AvgIpc) is 2.44. The molecule has 1 aromatic heterocycles. The third-order valence-corrected chi connectivity index (χ3v) is 2.69. The van der Waals surface area contributed by atoms with Crippen LogP contribution in [0.4, 0.5) is 5.95 Å². The van der Waals surface area contributed by atoms with Gasteiger partial charge in [0.05, 0.1) is 12.8 Å². The molecule has 0 radical (unpaired) electrons. The monoisotopic (exact) mass is 272 g/mol. The zero-order valence-electron chi connectivity index (χ0n) is 11.6. The van der Waals surface area contributed by atoms with Crippen LogP contribution in [0.15, 0.2) is 40.2 Å². The number of methoxy groups -OCH3 is 1. The molecule has 0 saturated carbocycles. The molecule has 2 rings (SSSR count). The predicted molar refractivity (Wildman–Crippen MR) is 78.4 cm³/mol. The van der Waals surface area contributed by atoms with Crippen molar-refractivity contribution in [2.75, 3.05) is 12.5 Å². The third kappa shape index (κ3) is 3.44. The Morgan fingerprint density at radius 2 is 2.20 bits per heavy atom. The van der Waals surface area contributed by atoms with Gasteiger partial charge in [-0.3, -0.25) is 9.78 Å². The van der Waals surface area contributed by atoms with E-state index in [4.69, 9.17) is 4.74 Å². The summed E-state index contributed by atoms with van der Waals surface area (Å²) in [4.78, 5) is 18.0. The van der Waals surface area contributed by atoms with E-state index in [-0.39, 0.29) is 5.56 Å². The van der Waals surface area contributed by atoms with Crippen LogP contribution in [0, 0.1) is 6.92 Å². The van der Waals surface area contributed by atoms with Crippen molar-refractivity contribution in [3.8, 4) is 5.75 Å². The van der Waals surface area contributed by atoms with Gasteiger partial charge in [0, 0.05) is 17.3 Å². The van der Waals surface area contributed by atoms with Crippen LogP contribution >= 0.6 is 0 Å². The van der Waals surface area contributed by atoms with E-state index in [9.17, 15) is 4.79 Å². The first-order valence-corrected chi connectivity index (χ1v) is 6.11. The number of aromatic amines is 1. The Morgan fingerprint density at radius 3 is 2.90 bits per heavy atom. The molecule has 0 saturated heterocycles. The molecule has 0 atom stereocenters. The largest absolute Gasteiger partial charge is 0.497 e. The highest BCUT2D eigenvalue weighted by Crippen LogP contribution is 2.13. The number of hydrazone groups is 1. The summed E-state index contributed by atoms with van der Waals surface area (Å²) in [7, 11) is 1.62. The summed E-state index contributed by atoms with van der Waals surface area (Å²) in [5.74, 6) is 1.08. The Hall–Kier alpha value is -2.63. The van der Waals surface area contributed by atoms with Crippen molar-refractivity contribution in [1.82, 2.24) is 9.97 Å². The molecular formula is C14H16N4O2. The molecule has 0 spiro atoms. The minimum Gasteiger partial charge on any atom is -0.497 e. The van der Waals surface area contributed by atoms with Crippen molar-refractivity contribution in [3.63, 3.8) is 0 Å². The molecule has 0 aliphatic carbocycles. The highest BCUT2D eigenvalue weighted by Gasteiger charge is 2.01. The molecule has 2 N–H and O–H groups in total. The molecule has 1 aromatic carbocycles. The minimum absolute atomic E-state index is 0.214. The van der Waals surface area contributed by atoms with Gasteiger partial charge in [-0.15, -0.1) is 0 Å². The Kier molecular flexibility index (Phi) is 4.14. The summed E-state index contributed by atoms with van der Waals surface area (Å²) < 4.78 is 5.16. The third-order valence-electron chi connectivity index (χ3n) is 2.69. The standard InChI is InChI=1S/C14H16N4O2/c1-9-7-13(19)16-14(15-9)18-17-10(2)11-5-4-6-12(8-11)20-3/h4-8H,1-3H3,(H2,15,16,18,19)/b17-10+. The molecule has 6 heteroatoms. The molecule has 6 nitrogen and oxygen atoms in total. The van der Waals surface area contributed by atoms with Crippen molar-refractivity contribution in [2.45, 2.75) is 13.8 Å². The van der Waals surface area contributed by atoms with Crippen LogP contribution in [0.5, 0.6) is 5.75 Å². The van der Waals surface area contributed by atoms with Crippen LogP contribution in [0.3, 0.4) is 0 Å². The van der Waals surface area contributed by atoms with Gasteiger partial charge >= 0.3 is 0 Å². The number of rotatable bonds is 4. The number of aryl methyl sites for hydroxylation is 1. The number of aromatic nitrogens is 2. The van der Waals surface area contributed by atoms with Gasteiger partial charge in [0.1, 0.15) is 5.75 Å². The van der Waals surface area contributed by atoms with Crippen LogP contribution < -0.4 is 15.7 Å². The fraction of sp³-hybridized carbons (Fsp3) is 0.214. The number of nitrogens with zero attached hydrogens (tertiary/aromatic N) is 2. The van der Waals surface area contributed by atoms with Gasteiger partial charge in [0.15, 0.2) is 0 Å². The van der Waals surface area contributed by atoms with Gasteiger partial charge in [-0.25, -0.2) is 10.4 Å². The summed E-state index contributed by atoms with van der Waals surface area (Å²) >= 11 is 0. The first-order valence-electron chi connectivity index (χ1n) is 6.11. The van der Waals surface area contributed by atoms with Crippen molar-refractivity contribution < 1.29 is 4.74 Å². The second kappa shape index (κ2) is 6.01. The van der Waals surface area contributed by atoms with Crippen molar-refractivity contribution in [1.29, 1.82) is 0 Å². The maximum Gasteiger partial charge on any atom is 0.252 e. The molecule has 0 unspecified atom stereocenters. The molecule has 0 bridgehead atoms. The van der Waals surface area contributed by atoms with Crippen LogP contribution in [0.25, 0.3) is 0 Å². The fourth-order valence-electron chi connectivity index (χ4n) is 1.68. The van der Waals surface area contributed by atoms with Crippen molar-refractivity contribution >= 4 is 11.7 Å². The molecular weight excluding hydrogens is 256 g/mol. The lowest BCUT2D eigenvalue weighted by atomic mass is 10.1. The van der Waals surface area contributed by atoms with E-state index in [2.05, 4.69) is 20.5 Å². The first-order chi connectivity index (χ1) is 9.58. The Bertz CT molecular complexity index is 692. The molecule has 104 valence electrons. The molecule has 1 heterocycles. The molecule has 0 amide bonds. The topological polar surface area (TPSA) is 79.4 Å². The number of nitrogens with one attached hydrogen (secondary N) is 2. The van der Waals surface area contributed by atoms with Gasteiger partial charge in [0.25, 0.3) is 5.56 Å². The summed E-state index contributed by atoms with van der Waals surface area (Å²) in [5, 5.41) is 4.20. The molecule has 0 aliphatic rings. The van der Waals surface area contributed by atoms with Crippen molar-refractivity contribution in [3.05, 3.63) is 51.9 Å². The number of H-pyrrole nitrogens is 1. The molecule has 0 aliphatic heterocycles. The highest BCUT2D eigenvalue weighted by molar-refractivity contribution is 5.99. The lowest BCUT2D eigenvalue weighted by Crippen LogP contribution is -2.11.